The molecule has 5 heteroatoms. The van der Waals surface area contributed by atoms with Crippen LogP contribution in [0.25, 0.3) is 0 Å². The maximum absolute atomic E-state index is 14.2. The topological polar surface area (TPSA) is 28.2 Å². The van der Waals surface area contributed by atoms with Gasteiger partial charge in [-0.2, -0.15) is 0 Å². The van der Waals surface area contributed by atoms with Crippen LogP contribution in [-0.2, 0) is 0 Å². The summed E-state index contributed by atoms with van der Waals surface area (Å²) in [6.07, 6.45) is 1.70. The summed E-state index contributed by atoms with van der Waals surface area (Å²) < 4.78 is 27.4. The highest BCUT2D eigenvalue weighted by Gasteiger charge is 2.27. The number of hydrogen-bond acceptors (Lipinski definition) is 3. The average Bonchev–Trinajstić information content (AvgIpc) is 2.52. The summed E-state index contributed by atoms with van der Waals surface area (Å²) >= 11 is 0. The van der Waals surface area contributed by atoms with Crippen molar-refractivity contribution in [2.24, 2.45) is 0 Å². The molecule has 1 aliphatic heterocycles. The number of nitrogens with one attached hydrogen (secondary N) is 1. The largest absolute Gasteiger partial charge is 0.314 e. The van der Waals surface area contributed by atoms with Crippen molar-refractivity contribution in [3.63, 3.8) is 0 Å². The lowest BCUT2D eigenvalue weighted by Crippen LogP contribution is -2.45. The fraction of sp³-hybridized carbons (Fsp3) is 0.312. The van der Waals surface area contributed by atoms with E-state index >= 15 is 0 Å². The zero-order chi connectivity index (χ0) is 14.7. The number of hydrogen-bond donors (Lipinski definition) is 1. The minimum atomic E-state index is -0.559. The predicted octanol–water partition coefficient (Wildman–Crippen LogP) is 2.35. The van der Waals surface area contributed by atoms with E-state index in [0.29, 0.717) is 5.56 Å². The fourth-order valence-electron chi connectivity index (χ4n) is 2.74. The second-order valence-electron chi connectivity index (χ2n) is 5.11. The van der Waals surface area contributed by atoms with Gasteiger partial charge in [0.1, 0.15) is 11.6 Å². The molecule has 0 saturated carbocycles. The van der Waals surface area contributed by atoms with Gasteiger partial charge in [0.2, 0.25) is 0 Å². The monoisotopic (exact) mass is 289 g/mol. The molecule has 110 valence electrons. The van der Waals surface area contributed by atoms with E-state index in [1.165, 1.54) is 12.1 Å². The third-order valence-electron chi connectivity index (χ3n) is 3.74. The summed E-state index contributed by atoms with van der Waals surface area (Å²) in [6.45, 7) is 3.31. The minimum absolute atomic E-state index is 0.283. The molecule has 0 spiro atoms. The van der Waals surface area contributed by atoms with Crippen LogP contribution in [0.3, 0.4) is 0 Å². The van der Waals surface area contributed by atoms with Crippen molar-refractivity contribution >= 4 is 0 Å². The summed E-state index contributed by atoms with van der Waals surface area (Å²) in [5.74, 6) is -1.08. The van der Waals surface area contributed by atoms with Crippen molar-refractivity contribution in [2.45, 2.75) is 6.04 Å². The summed E-state index contributed by atoms with van der Waals surface area (Å²) in [6, 6.07) is 9.08. The van der Waals surface area contributed by atoms with Gasteiger partial charge in [0.15, 0.2) is 0 Å². The molecule has 1 aromatic carbocycles. The van der Waals surface area contributed by atoms with Crippen molar-refractivity contribution in [3.8, 4) is 0 Å². The molecule has 21 heavy (non-hydrogen) atoms. The lowest BCUT2D eigenvalue weighted by molar-refractivity contribution is 0.192. The second-order valence-corrected chi connectivity index (χ2v) is 5.11. The molecule has 0 aliphatic carbocycles. The zero-order valence-electron chi connectivity index (χ0n) is 11.6. The van der Waals surface area contributed by atoms with Gasteiger partial charge in [0.25, 0.3) is 0 Å². The lowest BCUT2D eigenvalue weighted by Gasteiger charge is -2.35. The SMILES string of the molecule is Fc1ccc(C(c2ccccn2)N2CCNCC2)c(F)c1. The first-order valence-corrected chi connectivity index (χ1v) is 7.06. The van der Waals surface area contributed by atoms with Crippen molar-refractivity contribution in [2.75, 3.05) is 26.2 Å². The van der Waals surface area contributed by atoms with E-state index in [1.54, 1.807) is 6.20 Å². The molecular weight excluding hydrogens is 272 g/mol. The predicted molar refractivity (Wildman–Crippen MR) is 76.9 cm³/mol. The van der Waals surface area contributed by atoms with E-state index in [0.717, 1.165) is 37.9 Å². The van der Waals surface area contributed by atoms with Gasteiger partial charge in [-0.15, -0.1) is 0 Å². The van der Waals surface area contributed by atoms with Crippen molar-refractivity contribution in [1.82, 2.24) is 15.2 Å². The Hall–Kier alpha value is -1.85. The Labute approximate surface area is 122 Å². The Kier molecular flexibility index (Phi) is 4.22. The molecule has 1 unspecified atom stereocenters. The van der Waals surface area contributed by atoms with Gasteiger partial charge >= 0.3 is 0 Å². The van der Waals surface area contributed by atoms with Gasteiger partial charge in [-0.25, -0.2) is 8.78 Å². The van der Waals surface area contributed by atoms with E-state index < -0.39 is 11.6 Å². The molecule has 1 aliphatic rings. The van der Waals surface area contributed by atoms with Crippen molar-refractivity contribution in [3.05, 3.63) is 65.5 Å². The van der Waals surface area contributed by atoms with E-state index in [4.69, 9.17) is 0 Å². The van der Waals surface area contributed by atoms with Crippen LogP contribution < -0.4 is 5.32 Å². The average molecular weight is 289 g/mol. The summed E-state index contributed by atoms with van der Waals surface area (Å²) in [4.78, 5) is 6.55. The smallest absolute Gasteiger partial charge is 0.131 e. The van der Waals surface area contributed by atoms with Gasteiger partial charge in [0, 0.05) is 44.0 Å². The van der Waals surface area contributed by atoms with Crippen LogP contribution >= 0.6 is 0 Å². The molecule has 1 N–H and O–H groups in total. The van der Waals surface area contributed by atoms with Gasteiger partial charge in [-0.05, 0) is 18.2 Å². The van der Waals surface area contributed by atoms with Crippen LogP contribution in [0.4, 0.5) is 8.78 Å². The first-order valence-electron chi connectivity index (χ1n) is 7.06. The van der Waals surface area contributed by atoms with Gasteiger partial charge in [-0.1, -0.05) is 12.1 Å². The Morgan fingerprint density at radius 2 is 1.90 bits per heavy atom. The number of aromatic nitrogens is 1. The molecule has 1 saturated heterocycles. The van der Waals surface area contributed by atoms with E-state index in [-0.39, 0.29) is 6.04 Å². The molecule has 1 aromatic heterocycles. The van der Waals surface area contributed by atoms with E-state index in [2.05, 4.69) is 15.2 Å². The number of pyridine rings is 1. The maximum atomic E-state index is 14.2. The first-order chi connectivity index (χ1) is 10.3. The highest BCUT2D eigenvalue weighted by atomic mass is 19.1. The van der Waals surface area contributed by atoms with E-state index in [9.17, 15) is 8.78 Å². The molecule has 3 rings (SSSR count). The molecule has 0 radical (unpaired) electrons. The first kappa shape index (κ1) is 14.1. The third-order valence-corrected chi connectivity index (χ3v) is 3.74. The zero-order valence-corrected chi connectivity index (χ0v) is 11.6. The molecule has 3 nitrogen and oxygen atoms in total. The highest BCUT2D eigenvalue weighted by molar-refractivity contribution is 5.30. The number of rotatable bonds is 3. The van der Waals surface area contributed by atoms with Crippen LogP contribution in [0, 0.1) is 11.6 Å². The van der Waals surface area contributed by atoms with Crippen LogP contribution in [0.1, 0.15) is 17.3 Å². The standard InChI is InChI=1S/C16H17F2N3/c17-12-4-5-13(14(18)11-12)16(15-3-1-2-6-20-15)21-9-7-19-8-10-21/h1-6,11,16,19H,7-10H2. The van der Waals surface area contributed by atoms with Gasteiger partial charge < -0.3 is 5.32 Å². The molecule has 0 amide bonds. The number of piperazine rings is 1. The molecule has 2 aromatic rings. The van der Waals surface area contributed by atoms with Gasteiger partial charge in [0.05, 0.1) is 11.7 Å². The van der Waals surface area contributed by atoms with Crippen LogP contribution in [-0.4, -0.2) is 36.1 Å². The summed E-state index contributed by atoms with van der Waals surface area (Å²) in [7, 11) is 0. The second kappa shape index (κ2) is 6.28. The Bertz CT molecular complexity index is 598. The van der Waals surface area contributed by atoms with Crippen LogP contribution in [0.2, 0.25) is 0 Å². The normalized spacial score (nSPS) is 17.6. The summed E-state index contributed by atoms with van der Waals surface area (Å²) in [5, 5.41) is 3.28. The number of halogens is 2. The van der Waals surface area contributed by atoms with Crippen LogP contribution in [0.5, 0.6) is 0 Å². The molecule has 1 atom stereocenters. The Morgan fingerprint density at radius 1 is 1.10 bits per heavy atom. The minimum Gasteiger partial charge on any atom is -0.314 e. The molecule has 0 bridgehead atoms. The number of benzene rings is 1. The quantitative estimate of drug-likeness (QED) is 0.940. The molecular formula is C16H17F2N3. The number of nitrogens with zero attached hydrogens (tertiary/aromatic N) is 2. The summed E-state index contributed by atoms with van der Waals surface area (Å²) in [5.41, 5.74) is 1.25. The van der Waals surface area contributed by atoms with Crippen molar-refractivity contribution < 1.29 is 8.78 Å². The molecule has 1 fully saturated rings. The van der Waals surface area contributed by atoms with Crippen LogP contribution in [0.15, 0.2) is 42.6 Å². The maximum Gasteiger partial charge on any atom is 0.131 e. The molecule has 2 heterocycles. The van der Waals surface area contributed by atoms with Gasteiger partial charge in [-0.3, -0.25) is 9.88 Å². The highest BCUT2D eigenvalue weighted by Crippen LogP contribution is 2.29. The van der Waals surface area contributed by atoms with E-state index in [1.807, 2.05) is 18.2 Å². The fourth-order valence-corrected chi connectivity index (χ4v) is 2.74. The Balaban J connectivity index is 2.02. The lowest BCUT2D eigenvalue weighted by atomic mass is 9.99. The third kappa shape index (κ3) is 3.09. The van der Waals surface area contributed by atoms with Crippen molar-refractivity contribution in [1.29, 1.82) is 0 Å². The Morgan fingerprint density at radius 3 is 2.57 bits per heavy atom.